The summed E-state index contributed by atoms with van der Waals surface area (Å²) in [5.74, 6) is 1.63. The van der Waals surface area contributed by atoms with Crippen LogP contribution in [-0.4, -0.2) is 27.5 Å². The molecule has 1 aliphatic heterocycles. The summed E-state index contributed by atoms with van der Waals surface area (Å²) in [6.45, 7) is 1.58. The van der Waals surface area contributed by atoms with Gasteiger partial charge in [0.05, 0.1) is 12.6 Å². The normalized spacial score (nSPS) is 16.7. The first-order chi connectivity index (χ1) is 13.2. The largest absolute Gasteiger partial charge is 0.376 e. The van der Waals surface area contributed by atoms with Crippen molar-refractivity contribution >= 4 is 35.0 Å². The predicted molar refractivity (Wildman–Crippen MR) is 110 cm³/mol. The van der Waals surface area contributed by atoms with Gasteiger partial charge in [0.15, 0.2) is 11.0 Å². The number of thioether (sulfide) groups is 1. The van der Waals surface area contributed by atoms with E-state index in [4.69, 9.17) is 27.9 Å². The van der Waals surface area contributed by atoms with Gasteiger partial charge >= 0.3 is 0 Å². The zero-order chi connectivity index (χ0) is 18.6. The molecule has 2 heterocycles. The van der Waals surface area contributed by atoms with E-state index in [0.717, 1.165) is 58.9 Å². The van der Waals surface area contributed by atoms with Crippen LogP contribution < -0.4 is 0 Å². The zero-order valence-corrected chi connectivity index (χ0v) is 17.0. The monoisotopic (exact) mass is 419 g/mol. The molecule has 0 spiro atoms. The zero-order valence-electron chi connectivity index (χ0n) is 14.6. The molecule has 27 heavy (non-hydrogen) atoms. The van der Waals surface area contributed by atoms with Crippen molar-refractivity contribution < 1.29 is 4.74 Å². The van der Waals surface area contributed by atoms with Gasteiger partial charge < -0.3 is 4.74 Å². The van der Waals surface area contributed by atoms with Crippen LogP contribution in [-0.2, 0) is 17.0 Å². The molecule has 3 aromatic rings. The molecule has 1 atom stereocenters. The van der Waals surface area contributed by atoms with E-state index in [1.807, 2.05) is 42.5 Å². The van der Waals surface area contributed by atoms with Gasteiger partial charge in [-0.05, 0) is 54.8 Å². The highest BCUT2D eigenvalue weighted by molar-refractivity contribution is 7.98. The molecule has 140 valence electrons. The predicted octanol–water partition coefficient (Wildman–Crippen LogP) is 5.72. The summed E-state index contributed by atoms with van der Waals surface area (Å²) >= 11 is 13.8. The van der Waals surface area contributed by atoms with Crippen molar-refractivity contribution in [2.75, 3.05) is 6.61 Å². The van der Waals surface area contributed by atoms with E-state index in [1.54, 1.807) is 11.8 Å². The molecule has 4 nitrogen and oxygen atoms in total. The lowest BCUT2D eigenvalue weighted by atomic mass is 10.2. The number of benzene rings is 2. The van der Waals surface area contributed by atoms with Gasteiger partial charge in [0, 0.05) is 28.0 Å². The Morgan fingerprint density at radius 1 is 1.07 bits per heavy atom. The SMILES string of the molecule is Clc1ccc(-c2nnc(SCc3cccc(Cl)c3)n2CC2CCCO2)cc1. The Labute approximate surface area is 172 Å². The van der Waals surface area contributed by atoms with Gasteiger partial charge in [0.1, 0.15) is 0 Å². The van der Waals surface area contributed by atoms with Crippen LogP contribution in [0.1, 0.15) is 18.4 Å². The fraction of sp³-hybridized carbons (Fsp3) is 0.300. The van der Waals surface area contributed by atoms with Crippen molar-refractivity contribution in [1.82, 2.24) is 14.8 Å². The summed E-state index contributed by atoms with van der Waals surface area (Å²) in [7, 11) is 0. The minimum absolute atomic E-state index is 0.206. The van der Waals surface area contributed by atoms with E-state index < -0.39 is 0 Å². The van der Waals surface area contributed by atoms with Gasteiger partial charge in [0.2, 0.25) is 0 Å². The molecule has 0 saturated carbocycles. The summed E-state index contributed by atoms with van der Waals surface area (Å²) in [4.78, 5) is 0. The molecular weight excluding hydrogens is 401 g/mol. The van der Waals surface area contributed by atoms with E-state index in [1.165, 1.54) is 0 Å². The number of rotatable bonds is 6. The molecule has 0 radical (unpaired) electrons. The summed E-state index contributed by atoms with van der Waals surface area (Å²) in [6, 6.07) is 15.6. The molecule has 0 N–H and O–H groups in total. The Kier molecular flexibility index (Phi) is 6.03. The standard InChI is InChI=1S/C20H19Cl2N3OS/c21-16-8-6-15(7-9-16)19-23-24-20(25(19)12-18-5-2-10-26-18)27-13-14-3-1-4-17(22)11-14/h1,3-4,6-9,11,18H,2,5,10,12-13H2. The second-order valence-corrected chi connectivity index (χ2v) is 8.29. The van der Waals surface area contributed by atoms with Gasteiger partial charge in [0.25, 0.3) is 0 Å². The number of aromatic nitrogens is 3. The maximum atomic E-state index is 6.10. The average molecular weight is 420 g/mol. The highest BCUT2D eigenvalue weighted by atomic mass is 35.5. The van der Waals surface area contributed by atoms with E-state index in [-0.39, 0.29) is 6.10 Å². The lowest BCUT2D eigenvalue weighted by Crippen LogP contribution is -2.16. The molecule has 7 heteroatoms. The Bertz CT molecular complexity index is 908. The third kappa shape index (κ3) is 4.66. The maximum absolute atomic E-state index is 6.10. The third-order valence-corrected chi connectivity index (χ3v) is 6.01. The smallest absolute Gasteiger partial charge is 0.191 e. The van der Waals surface area contributed by atoms with Crippen LogP contribution in [0.2, 0.25) is 10.0 Å². The Morgan fingerprint density at radius 2 is 1.93 bits per heavy atom. The lowest BCUT2D eigenvalue weighted by molar-refractivity contribution is 0.0953. The topological polar surface area (TPSA) is 39.9 Å². The summed E-state index contributed by atoms with van der Waals surface area (Å²) < 4.78 is 8.01. The van der Waals surface area contributed by atoms with Crippen molar-refractivity contribution in [2.45, 2.75) is 36.4 Å². The van der Waals surface area contributed by atoms with Gasteiger partial charge in [-0.25, -0.2) is 0 Å². The summed E-state index contributed by atoms with van der Waals surface area (Å²) in [6.07, 6.45) is 2.38. The first kappa shape index (κ1) is 18.8. The first-order valence-electron chi connectivity index (χ1n) is 8.87. The second-order valence-electron chi connectivity index (χ2n) is 6.48. The van der Waals surface area contributed by atoms with Crippen LogP contribution in [0.4, 0.5) is 0 Å². The van der Waals surface area contributed by atoms with E-state index in [0.29, 0.717) is 5.02 Å². The first-order valence-corrected chi connectivity index (χ1v) is 10.6. The minimum atomic E-state index is 0.206. The van der Waals surface area contributed by atoms with Crippen molar-refractivity contribution in [3.63, 3.8) is 0 Å². The minimum Gasteiger partial charge on any atom is -0.376 e. The number of halogens is 2. The van der Waals surface area contributed by atoms with Crippen LogP contribution in [0.25, 0.3) is 11.4 Å². The van der Waals surface area contributed by atoms with Gasteiger partial charge in [-0.2, -0.15) is 0 Å². The molecule has 2 aromatic carbocycles. The fourth-order valence-electron chi connectivity index (χ4n) is 3.14. The van der Waals surface area contributed by atoms with Gasteiger partial charge in [-0.3, -0.25) is 4.57 Å². The highest BCUT2D eigenvalue weighted by Crippen LogP contribution is 2.29. The van der Waals surface area contributed by atoms with Crippen LogP contribution in [0.3, 0.4) is 0 Å². The second kappa shape index (κ2) is 8.65. The van der Waals surface area contributed by atoms with Crippen LogP contribution >= 0.6 is 35.0 Å². The molecule has 0 amide bonds. The van der Waals surface area contributed by atoms with Crippen molar-refractivity contribution in [2.24, 2.45) is 0 Å². The summed E-state index contributed by atoms with van der Waals surface area (Å²) in [5, 5.41) is 11.2. The van der Waals surface area contributed by atoms with Gasteiger partial charge in [-0.15, -0.1) is 10.2 Å². The molecule has 1 fully saturated rings. The molecule has 4 rings (SSSR count). The molecule has 0 bridgehead atoms. The Balaban J connectivity index is 1.60. The number of hydrogen-bond acceptors (Lipinski definition) is 4. The molecule has 1 saturated heterocycles. The molecule has 0 aliphatic carbocycles. The van der Waals surface area contributed by atoms with E-state index in [2.05, 4.69) is 20.8 Å². The maximum Gasteiger partial charge on any atom is 0.191 e. The fourth-order valence-corrected chi connectivity index (χ4v) is 4.37. The highest BCUT2D eigenvalue weighted by Gasteiger charge is 2.21. The lowest BCUT2D eigenvalue weighted by Gasteiger charge is -2.15. The molecular formula is C20H19Cl2N3OS. The van der Waals surface area contributed by atoms with Crippen molar-refractivity contribution in [1.29, 1.82) is 0 Å². The molecule has 1 aromatic heterocycles. The number of hydrogen-bond donors (Lipinski definition) is 0. The van der Waals surface area contributed by atoms with Crippen LogP contribution in [0.15, 0.2) is 53.7 Å². The Morgan fingerprint density at radius 3 is 2.67 bits per heavy atom. The molecule has 1 unspecified atom stereocenters. The summed E-state index contributed by atoms with van der Waals surface area (Å²) in [5.41, 5.74) is 2.16. The van der Waals surface area contributed by atoms with Crippen LogP contribution in [0, 0.1) is 0 Å². The van der Waals surface area contributed by atoms with Crippen molar-refractivity contribution in [3.8, 4) is 11.4 Å². The average Bonchev–Trinajstić information content (AvgIpc) is 3.31. The Hall–Kier alpha value is -1.53. The van der Waals surface area contributed by atoms with Crippen molar-refractivity contribution in [3.05, 3.63) is 64.1 Å². The number of nitrogens with zero attached hydrogens (tertiary/aromatic N) is 3. The van der Waals surface area contributed by atoms with Crippen LogP contribution in [0.5, 0.6) is 0 Å². The van der Waals surface area contributed by atoms with E-state index in [9.17, 15) is 0 Å². The quantitative estimate of drug-likeness (QED) is 0.478. The van der Waals surface area contributed by atoms with Gasteiger partial charge in [-0.1, -0.05) is 47.1 Å². The third-order valence-electron chi connectivity index (χ3n) is 4.49. The van der Waals surface area contributed by atoms with E-state index >= 15 is 0 Å². The molecule has 1 aliphatic rings. The number of ether oxygens (including phenoxy) is 1.